The maximum Gasteiger partial charge on any atom is 0.126 e. The zero-order valence-electron chi connectivity index (χ0n) is 16.7. The number of hydrogen-bond acceptors (Lipinski definition) is 6. The Morgan fingerprint density at radius 1 is 1.03 bits per heavy atom. The van der Waals surface area contributed by atoms with Crippen molar-refractivity contribution in [2.75, 3.05) is 30.4 Å². The highest BCUT2D eigenvalue weighted by Gasteiger charge is 2.19. The van der Waals surface area contributed by atoms with Gasteiger partial charge in [0.05, 0.1) is 5.02 Å². The molecule has 1 saturated heterocycles. The molecule has 6 nitrogen and oxygen atoms in total. The summed E-state index contributed by atoms with van der Waals surface area (Å²) in [5.74, 6) is 2.37. The number of hydrogen-bond donors (Lipinski definition) is 3. The molecule has 0 radical (unpaired) electrons. The zero-order chi connectivity index (χ0) is 20.1. The van der Waals surface area contributed by atoms with E-state index in [4.69, 9.17) is 22.1 Å². The first-order chi connectivity index (χ1) is 14.2. The predicted molar refractivity (Wildman–Crippen MR) is 118 cm³/mol. The van der Waals surface area contributed by atoms with Crippen molar-refractivity contribution in [2.45, 2.75) is 50.6 Å². The first kappa shape index (κ1) is 20.4. The van der Waals surface area contributed by atoms with Gasteiger partial charge in [0, 0.05) is 49.8 Å². The van der Waals surface area contributed by atoms with Crippen molar-refractivity contribution in [3.8, 4) is 11.1 Å². The molecule has 2 fully saturated rings. The van der Waals surface area contributed by atoms with Crippen molar-refractivity contribution in [2.24, 2.45) is 11.7 Å². The summed E-state index contributed by atoms with van der Waals surface area (Å²) in [5, 5.41) is 7.67. The van der Waals surface area contributed by atoms with Crippen LogP contribution in [0.4, 0.5) is 11.6 Å². The maximum atomic E-state index is 6.48. The molecule has 2 aliphatic rings. The van der Waals surface area contributed by atoms with Gasteiger partial charge in [0.1, 0.15) is 11.6 Å². The van der Waals surface area contributed by atoms with Crippen molar-refractivity contribution in [3.63, 3.8) is 0 Å². The molecule has 4 N–H and O–H groups in total. The molecule has 1 aliphatic carbocycles. The smallest absolute Gasteiger partial charge is 0.126 e. The van der Waals surface area contributed by atoms with Gasteiger partial charge in [0.15, 0.2) is 0 Å². The summed E-state index contributed by atoms with van der Waals surface area (Å²) in [5.41, 5.74) is 8.02. The Hall–Kier alpha value is -1.89. The minimum Gasteiger partial charge on any atom is -0.381 e. The third-order valence-corrected chi connectivity index (χ3v) is 6.26. The lowest BCUT2D eigenvalue weighted by Gasteiger charge is -2.27. The molecule has 7 heteroatoms. The minimum atomic E-state index is 0.339. The Morgan fingerprint density at radius 3 is 2.62 bits per heavy atom. The van der Waals surface area contributed by atoms with Crippen LogP contribution in [0.1, 0.15) is 38.5 Å². The van der Waals surface area contributed by atoms with E-state index >= 15 is 0 Å². The van der Waals surface area contributed by atoms with Crippen LogP contribution in [0.2, 0.25) is 5.02 Å². The molecule has 1 aliphatic heterocycles. The number of ether oxygens (including phenoxy) is 1. The third kappa shape index (κ3) is 5.59. The number of nitrogens with two attached hydrogens (primary N) is 1. The van der Waals surface area contributed by atoms with Crippen LogP contribution >= 0.6 is 11.6 Å². The van der Waals surface area contributed by atoms with Crippen LogP contribution in [-0.4, -0.2) is 41.8 Å². The fraction of sp³-hybridized carbons (Fsp3) is 0.545. The lowest BCUT2D eigenvalue weighted by molar-refractivity contribution is 0.0699. The average molecular weight is 416 g/mol. The van der Waals surface area contributed by atoms with E-state index in [0.717, 1.165) is 81.0 Å². The van der Waals surface area contributed by atoms with E-state index in [9.17, 15) is 0 Å². The Balaban J connectivity index is 1.44. The van der Waals surface area contributed by atoms with Crippen LogP contribution in [0.3, 0.4) is 0 Å². The number of aromatic nitrogens is 2. The van der Waals surface area contributed by atoms with Crippen LogP contribution in [-0.2, 0) is 4.74 Å². The normalized spacial score (nSPS) is 23.0. The first-order valence-electron chi connectivity index (χ1n) is 10.6. The number of anilines is 2. The Morgan fingerprint density at radius 2 is 1.83 bits per heavy atom. The second kappa shape index (κ2) is 9.74. The number of pyridine rings is 2. The summed E-state index contributed by atoms with van der Waals surface area (Å²) in [4.78, 5) is 8.95. The molecule has 0 bridgehead atoms. The minimum absolute atomic E-state index is 0.339. The second-order valence-corrected chi connectivity index (χ2v) is 8.58. The highest BCUT2D eigenvalue weighted by molar-refractivity contribution is 6.33. The molecule has 3 heterocycles. The van der Waals surface area contributed by atoms with Crippen molar-refractivity contribution >= 4 is 23.2 Å². The van der Waals surface area contributed by atoms with E-state index in [0.29, 0.717) is 23.0 Å². The van der Waals surface area contributed by atoms with Gasteiger partial charge in [-0.1, -0.05) is 11.6 Å². The maximum absolute atomic E-state index is 6.48. The van der Waals surface area contributed by atoms with Crippen LogP contribution in [0, 0.1) is 5.92 Å². The van der Waals surface area contributed by atoms with Gasteiger partial charge in [0.25, 0.3) is 0 Å². The molecule has 0 amide bonds. The third-order valence-electron chi connectivity index (χ3n) is 5.96. The quantitative estimate of drug-likeness (QED) is 0.651. The first-order valence-corrected chi connectivity index (χ1v) is 11.0. The highest BCUT2D eigenvalue weighted by atomic mass is 35.5. The van der Waals surface area contributed by atoms with E-state index in [2.05, 4.69) is 26.7 Å². The Kier molecular flexibility index (Phi) is 6.85. The Bertz CT molecular complexity index is 804. The van der Waals surface area contributed by atoms with Gasteiger partial charge in [-0.25, -0.2) is 9.97 Å². The largest absolute Gasteiger partial charge is 0.381 e. The van der Waals surface area contributed by atoms with Crippen molar-refractivity contribution < 1.29 is 4.74 Å². The fourth-order valence-corrected chi connectivity index (χ4v) is 4.32. The molecule has 2 aromatic heterocycles. The van der Waals surface area contributed by atoms with Gasteiger partial charge in [-0.3, -0.25) is 0 Å². The lowest BCUT2D eigenvalue weighted by atomic mass is 9.92. The van der Waals surface area contributed by atoms with Gasteiger partial charge in [-0.15, -0.1) is 0 Å². The highest BCUT2D eigenvalue weighted by Crippen LogP contribution is 2.31. The SMILES string of the molecule is NC1CCC(Nc2cc(-c3ccnc(NCC4CCOCC4)c3)c(Cl)cn2)CC1. The van der Waals surface area contributed by atoms with Crippen molar-refractivity contribution in [3.05, 3.63) is 35.6 Å². The van der Waals surface area contributed by atoms with Crippen LogP contribution in [0.15, 0.2) is 30.6 Å². The second-order valence-electron chi connectivity index (χ2n) is 8.17. The van der Waals surface area contributed by atoms with Crippen LogP contribution < -0.4 is 16.4 Å². The standard InChI is InChI=1S/C22H30ClN5O/c23-20-14-27-22(28-18-3-1-17(24)2-4-18)12-19(20)16-5-8-25-21(11-16)26-13-15-6-9-29-10-7-15/h5,8,11-12,14-15,17-18H,1-4,6-7,9-10,13,24H2,(H,25,26)(H,27,28). The summed E-state index contributed by atoms with van der Waals surface area (Å²) < 4.78 is 5.44. The topological polar surface area (TPSA) is 85.1 Å². The van der Waals surface area contributed by atoms with Gasteiger partial charge < -0.3 is 21.1 Å². The van der Waals surface area contributed by atoms with E-state index in [1.807, 2.05) is 18.3 Å². The summed E-state index contributed by atoms with van der Waals surface area (Å²) in [6.45, 7) is 2.63. The molecule has 29 heavy (non-hydrogen) atoms. The molecule has 0 unspecified atom stereocenters. The molecule has 156 valence electrons. The number of rotatable bonds is 6. The molecule has 0 atom stereocenters. The van der Waals surface area contributed by atoms with Crippen molar-refractivity contribution in [1.82, 2.24) is 9.97 Å². The number of halogens is 1. The fourth-order valence-electron chi connectivity index (χ4n) is 4.11. The van der Waals surface area contributed by atoms with Gasteiger partial charge >= 0.3 is 0 Å². The molecule has 0 spiro atoms. The van der Waals surface area contributed by atoms with Crippen LogP contribution in [0.5, 0.6) is 0 Å². The lowest BCUT2D eigenvalue weighted by Crippen LogP contribution is -2.33. The van der Waals surface area contributed by atoms with Crippen molar-refractivity contribution in [1.29, 1.82) is 0 Å². The molecule has 2 aromatic rings. The summed E-state index contributed by atoms with van der Waals surface area (Å²) in [6.07, 6.45) is 10.0. The van der Waals surface area contributed by atoms with Crippen LogP contribution in [0.25, 0.3) is 11.1 Å². The van der Waals surface area contributed by atoms with E-state index < -0.39 is 0 Å². The summed E-state index contributed by atoms with van der Waals surface area (Å²) in [6, 6.07) is 6.85. The average Bonchev–Trinajstić information content (AvgIpc) is 2.76. The molecule has 4 rings (SSSR count). The van der Waals surface area contributed by atoms with Gasteiger partial charge in [-0.2, -0.15) is 0 Å². The van der Waals surface area contributed by atoms with Gasteiger partial charge in [0.2, 0.25) is 0 Å². The zero-order valence-corrected chi connectivity index (χ0v) is 17.5. The van der Waals surface area contributed by atoms with E-state index in [1.165, 1.54) is 0 Å². The molecular formula is C22H30ClN5O. The summed E-state index contributed by atoms with van der Waals surface area (Å²) in [7, 11) is 0. The molecule has 0 aromatic carbocycles. The van der Waals surface area contributed by atoms with E-state index in [1.54, 1.807) is 6.20 Å². The predicted octanol–water partition coefficient (Wildman–Crippen LogP) is 4.32. The Labute approximate surface area is 177 Å². The molecule has 1 saturated carbocycles. The van der Waals surface area contributed by atoms with Gasteiger partial charge in [-0.05, 0) is 68.2 Å². The monoisotopic (exact) mass is 415 g/mol. The molecular weight excluding hydrogens is 386 g/mol. The van der Waals surface area contributed by atoms with E-state index in [-0.39, 0.29) is 0 Å². The number of nitrogens with one attached hydrogen (secondary N) is 2. The number of nitrogens with zero attached hydrogens (tertiary/aromatic N) is 2. The summed E-state index contributed by atoms with van der Waals surface area (Å²) >= 11 is 6.48.